The number of benzene rings is 2. The Hall–Kier alpha value is -2.94. The van der Waals surface area contributed by atoms with Crippen LogP contribution in [0.1, 0.15) is 22.8 Å². The first-order valence-corrected chi connectivity index (χ1v) is 9.22. The molecule has 0 fully saturated rings. The first-order chi connectivity index (χ1) is 14.5. The van der Waals surface area contributed by atoms with Gasteiger partial charge in [0.1, 0.15) is 18.1 Å². The Morgan fingerprint density at radius 1 is 1.35 bits per heavy atom. The molecule has 1 aliphatic heterocycles. The van der Waals surface area contributed by atoms with Crippen LogP contribution < -0.4 is 20.3 Å². The van der Waals surface area contributed by atoms with E-state index in [1.165, 1.54) is 13.0 Å². The highest BCUT2D eigenvalue weighted by atomic mass is 35.5. The normalized spacial score (nSPS) is 14.9. The van der Waals surface area contributed by atoms with E-state index in [0.29, 0.717) is 11.0 Å². The van der Waals surface area contributed by atoms with Crippen molar-refractivity contribution in [3.63, 3.8) is 0 Å². The van der Waals surface area contributed by atoms with Gasteiger partial charge in [0.25, 0.3) is 5.91 Å². The predicted molar refractivity (Wildman–Crippen MR) is 104 cm³/mol. The lowest BCUT2D eigenvalue weighted by atomic mass is 9.79. The van der Waals surface area contributed by atoms with Crippen LogP contribution >= 0.6 is 11.6 Å². The summed E-state index contributed by atoms with van der Waals surface area (Å²) in [5.41, 5.74) is -0.274. The van der Waals surface area contributed by atoms with Gasteiger partial charge in [-0.3, -0.25) is 4.79 Å². The molecule has 12 heteroatoms. The van der Waals surface area contributed by atoms with E-state index in [2.05, 4.69) is 10.1 Å². The van der Waals surface area contributed by atoms with Crippen molar-refractivity contribution in [2.24, 2.45) is 0 Å². The zero-order valence-electron chi connectivity index (χ0n) is 16.0. The number of ether oxygens (including phenoxy) is 2. The average molecular weight is 455 g/mol. The molecule has 2 N–H and O–H groups in total. The monoisotopic (exact) mass is 454 g/mol. The molecule has 0 radical (unpaired) electrons. The molecular weight excluding hydrogens is 439 g/mol. The Kier molecular flexibility index (Phi) is 6.36. The number of halogens is 4. The number of hydrogen-bond donors (Lipinski definition) is 2. The summed E-state index contributed by atoms with van der Waals surface area (Å²) >= 11 is 6.17. The van der Waals surface area contributed by atoms with Gasteiger partial charge in [-0.2, -0.15) is 5.26 Å². The zero-order chi connectivity index (χ0) is 22.8. The molecule has 0 saturated carbocycles. The number of carbonyl (C=O) groups is 1. The van der Waals surface area contributed by atoms with E-state index >= 15 is 0 Å². The summed E-state index contributed by atoms with van der Waals surface area (Å²) in [4.78, 5) is 12.4. The molecule has 0 bridgehead atoms. The lowest BCUT2D eigenvalue weighted by molar-refractivity contribution is -0.274. The van der Waals surface area contributed by atoms with Crippen LogP contribution in [0.15, 0.2) is 36.4 Å². The highest BCUT2D eigenvalue weighted by molar-refractivity contribution is 6.61. The smallest absolute Gasteiger partial charge is 0.488 e. The van der Waals surface area contributed by atoms with Gasteiger partial charge in [0, 0.05) is 5.56 Å². The second kappa shape index (κ2) is 8.67. The van der Waals surface area contributed by atoms with E-state index < -0.39 is 30.7 Å². The second-order valence-corrected chi connectivity index (χ2v) is 7.31. The number of hydrogen-bond acceptors (Lipinski definition) is 6. The molecule has 2 aromatic carbocycles. The number of nitrogens with one attached hydrogen (secondary N) is 1. The summed E-state index contributed by atoms with van der Waals surface area (Å²) in [6, 6.07) is 9.24. The van der Waals surface area contributed by atoms with Crippen molar-refractivity contribution in [1.29, 1.82) is 5.26 Å². The molecule has 0 spiro atoms. The summed E-state index contributed by atoms with van der Waals surface area (Å²) in [6.45, 7) is 1.32. The number of rotatable bonds is 6. The first kappa shape index (κ1) is 22.7. The van der Waals surface area contributed by atoms with E-state index in [4.69, 9.17) is 21.0 Å². The minimum Gasteiger partial charge on any atom is -0.488 e. The Bertz CT molecular complexity index is 1030. The minimum absolute atomic E-state index is 0.0202. The molecule has 162 valence electrons. The van der Waals surface area contributed by atoms with E-state index in [-0.39, 0.29) is 29.5 Å². The summed E-state index contributed by atoms with van der Waals surface area (Å²) < 4.78 is 51.2. The summed E-state index contributed by atoms with van der Waals surface area (Å²) in [5, 5.41) is 22.0. The molecule has 0 aliphatic carbocycles. The fraction of sp³-hybridized carbons (Fsp3) is 0.263. The van der Waals surface area contributed by atoms with Gasteiger partial charge in [-0.25, -0.2) is 0 Å². The third kappa shape index (κ3) is 5.61. The lowest BCUT2D eigenvalue weighted by Crippen LogP contribution is -2.49. The predicted octanol–water partition coefficient (Wildman–Crippen LogP) is 2.55. The van der Waals surface area contributed by atoms with Crippen LogP contribution in [0.2, 0.25) is 5.02 Å². The number of nitrogens with zero attached hydrogens (tertiary/aromatic N) is 1. The van der Waals surface area contributed by atoms with Crippen LogP contribution in [0.5, 0.6) is 11.5 Å². The van der Waals surface area contributed by atoms with E-state index in [1.807, 2.05) is 6.07 Å². The van der Waals surface area contributed by atoms with Crippen molar-refractivity contribution in [3.05, 3.63) is 52.5 Å². The Morgan fingerprint density at radius 2 is 2.03 bits per heavy atom. The van der Waals surface area contributed by atoms with Crippen molar-refractivity contribution >= 4 is 30.1 Å². The molecule has 7 nitrogen and oxygen atoms in total. The Morgan fingerprint density at radius 3 is 2.65 bits per heavy atom. The molecule has 0 saturated heterocycles. The highest BCUT2D eigenvalue weighted by Gasteiger charge is 2.32. The average Bonchev–Trinajstić information content (AvgIpc) is 3.05. The molecule has 1 unspecified atom stereocenters. The van der Waals surface area contributed by atoms with Crippen molar-refractivity contribution in [1.82, 2.24) is 5.32 Å². The maximum absolute atomic E-state index is 12.4. The Labute approximate surface area is 180 Å². The van der Waals surface area contributed by atoms with Crippen LogP contribution in [0.25, 0.3) is 0 Å². The molecule has 3 rings (SSSR count). The summed E-state index contributed by atoms with van der Waals surface area (Å²) in [5.74, 6) is -0.989. The van der Waals surface area contributed by atoms with Crippen LogP contribution in [-0.4, -0.2) is 36.6 Å². The quantitative estimate of drug-likeness (QED) is 0.651. The van der Waals surface area contributed by atoms with E-state index in [9.17, 15) is 28.3 Å². The number of nitriles is 1. The SMILES string of the molecule is CC(C#N)(COc1cc2c(cc1Cl)COB2O)NC(=O)c1ccc(OC(F)(F)F)cc1. The molecule has 1 heterocycles. The second-order valence-electron chi connectivity index (χ2n) is 6.90. The van der Waals surface area contributed by atoms with E-state index in [0.717, 1.165) is 24.3 Å². The molecule has 31 heavy (non-hydrogen) atoms. The first-order valence-electron chi connectivity index (χ1n) is 8.84. The van der Waals surface area contributed by atoms with Crippen LogP contribution in [0.4, 0.5) is 13.2 Å². The zero-order valence-corrected chi connectivity index (χ0v) is 16.8. The van der Waals surface area contributed by atoms with Crippen molar-refractivity contribution in [2.75, 3.05) is 6.61 Å². The third-order valence-corrected chi connectivity index (χ3v) is 4.65. The highest BCUT2D eigenvalue weighted by Crippen LogP contribution is 2.28. The number of amides is 1. The van der Waals surface area contributed by atoms with Crippen LogP contribution in [0.3, 0.4) is 0 Å². The van der Waals surface area contributed by atoms with Crippen molar-refractivity contribution in [2.45, 2.75) is 25.4 Å². The van der Waals surface area contributed by atoms with Gasteiger partial charge >= 0.3 is 13.5 Å². The topological polar surface area (TPSA) is 101 Å². The van der Waals surface area contributed by atoms with Gasteiger partial charge in [0.05, 0.1) is 17.7 Å². The van der Waals surface area contributed by atoms with Gasteiger partial charge in [-0.15, -0.1) is 13.2 Å². The number of alkyl halides is 3. The fourth-order valence-electron chi connectivity index (χ4n) is 2.78. The summed E-state index contributed by atoms with van der Waals surface area (Å²) in [7, 11) is -1.11. The minimum atomic E-state index is -4.85. The number of carbonyl (C=O) groups excluding carboxylic acids is 1. The maximum atomic E-state index is 12.4. The lowest BCUT2D eigenvalue weighted by Gasteiger charge is -2.24. The van der Waals surface area contributed by atoms with E-state index in [1.54, 1.807) is 6.07 Å². The fourth-order valence-corrected chi connectivity index (χ4v) is 3.02. The van der Waals surface area contributed by atoms with Gasteiger partial charge in [0.2, 0.25) is 0 Å². The van der Waals surface area contributed by atoms with Gasteiger partial charge in [-0.1, -0.05) is 11.6 Å². The van der Waals surface area contributed by atoms with Gasteiger partial charge in [0.15, 0.2) is 5.54 Å². The van der Waals surface area contributed by atoms with Crippen molar-refractivity contribution < 1.29 is 37.1 Å². The number of fused-ring (bicyclic) bond motifs is 1. The van der Waals surface area contributed by atoms with Gasteiger partial charge < -0.3 is 24.5 Å². The molecule has 1 atom stereocenters. The largest absolute Gasteiger partial charge is 0.573 e. The molecule has 0 aromatic heterocycles. The summed E-state index contributed by atoms with van der Waals surface area (Å²) in [6.07, 6.45) is -4.85. The molecular formula is C19H15BClF3N2O5. The maximum Gasteiger partial charge on any atom is 0.573 e. The Balaban J connectivity index is 1.67. The standard InChI is InChI=1S/C19H15BClF3N2O5/c1-18(9-25,10-29-16-7-14-12(6-15(16)21)8-30-20(14)28)26-17(27)11-2-4-13(5-3-11)31-19(22,23)24/h2-7,28H,8,10H2,1H3,(H,26,27). The van der Waals surface area contributed by atoms with Crippen LogP contribution in [0, 0.1) is 11.3 Å². The molecule has 2 aromatic rings. The van der Waals surface area contributed by atoms with Gasteiger partial charge in [-0.05, 0) is 54.3 Å². The van der Waals surface area contributed by atoms with Crippen LogP contribution in [-0.2, 0) is 11.3 Å². The third-order valence-electron chi connectivity index (χ3n) is 4.36. The molecule has 1 aliphatic rings. The van der Waals surface area contributed by atoms with Crippen molar-refractivity contribution in [3.8, 4) is 17.6 Å². The molecule has 1 amide bonds.